The smallest absolute Gasteiger partial charge is 0.332 e. The number of carboxylic acids is 2. The summed E-state index contributed by atoms with van der Waals surface area (Å²) in [5.41, 5.74) is 0. The summed E-state index contributed by atoms with van der Waals surface area (Å²) in [4.78, 5) is 21.3. The molecule has 0 spiro atoms. The molecule has 5 heteroatoms. The number of carboxylic acid groups (broad SMARTS) is 2. The average Bonchev–Trinajstić information content (AvgIpc) is 2.27. The fraction of sp³-hybridized carbons (Fsp3) is 0.833. The molecule has 0 fully saturated rings. The molecule has 5 nitrogen and oxygen atoms in total. The molecule has 0 saturated heterocycles. The number of hydrogen-bond acceptors (Lipinski definition) is 3. The molecule has 17 heavy (non-hydrogen) atoms. The van der Waals surface area contributed by atoms with Crippen LogP contribution in [-0.2, 0) is 14.3 Å². The molecule has 2 unspecified atom stereocenters. The molecule has 100 valence electrons. The Morgan fingerprint density at radius 3 is 2.29 bits per heavy atom. The van der Waals surface area contributed by atoms with Crippen LogP contribution in [0.3, 0.4) is 0 Å². The van der Waals surface area contributed by atoms with Gasteiger partial charge in [-0.2, -0.15) is 0 Å². The van der Waals surface area contributed by atoms with Gasteiger partial charge in [-0.3, -0.25) is 0 Å². The van der Waals surface area contributed by atoms with Gasteiger partial charge in [0.25, 0.3) is 0 Å². The van der Waals surface area contributed by atoms with Crippen LogP contribution in [0.25, 0.3) is 0 Å². The van der Waals surface area contributed by atoms with Crippen molar-refractivity contribution in [1.82, 2.24) is 0 Å². The van der Waals surface area contributed by atoms with Crippen molar-refractivity contribution in [1.29, 1.82) is 0 Å². The lowest BCUT2D eigenvalue weighted by molar-refractivity contribution is -0.157. The second-order valence-electron chi connectivity index (χ2n) is 4.18. The minimum atomic E-state index is -1.14. The van der Waals surface area contributed by atoms with Gasteiger partial charge in [0.05, 0.1) is 0 Å². The van der Waals surface area contributed by atoms with E-state index in [9.17, 15) is 9.59 Å². The van der Waals surface area contributed by atoms with Crippen LogP contribution in [0.1, 0.15) is 46.0 Å². The SMILES string of the molecule is CCCCC(CC)CC(OCC(=O)O)C(=O)O. The molecule has 2 atom stereocenters. The van der Waals surface area contributed by atoms with E-state index in [4.69, 9.17) is 14.9 Å². The van der Waals surface area contributed by atoms with Crippen molar-refractivity contribution < 1.29 is 24.5 Å². The lowest BCUT2D eigenvalue weighted by atomic mass is 9.93. The van der Waals surface area contributed by atoms with Gasteiger partial charge in [-0.1, -0.05) is 39.5 Å². The summed E-state index contributed by atoms with van der Waals surface area (Å²) in [6.45, 7) is 3.54. The Morgan fingerprint density at radius 1 is 1.24 bits per heavy atom. The van der Waals surface area contributed by atoms with E-state index < -0.39 is 24.6 Å². The van der Waals surface area contributed by atoms with Gasteiger partial charge in [-0.25, -0.2) is 9.59 Å². The third-order valence-corrected chi connectivity index (χ3v) is 2.77. The van der Waals surface area contributed by atoms with Crippen LogP contribution in [0.2, 0.25) is 0 Å². The van der Waals surface area contributed by atoms with Crippen molar-refractivity contribution in [2.75, 3.05) is 6.61 Å². The first-order valence-electron chi connectivity index (χ1n) is 6.07. The van der Waals surface area contributed by atoms with E-state index in [0.717, 1.165) is 25.7 Å². The van der Waals surface area contributed by atoms with Crippen molar-refractivity contribution in [3.63, 3.8) is 0 Å². The van der Waals surface area contributed by atoms with E-state index in [1.807, 2.05) is 6.92 Å². The molecule has 0 saturated carbocycles. The second kappa shape index (κ2) is 8.98. The molecule has 0 aliphatic carbocycles. The first-order valence-corrected chi connectivity index (χ1v) is 6.07. The van der Waals surface area contributed by atoms with E-state index in [-0.39, 0.29) is 5.92 Å². The van der Waals surface area contributed by atoms with Gasteiger partial charge in [-0.05, 0) is 12.3 Å². The van der Waals surface area contributed by atoms with E-state index >= 15 is 0 Å². The number of hydrogen-bond donors (Lipinski definition) is 2. The van der Waals surface area contributed by atoms with Crippen LogP contribution in [0, 0.1) is 5.92 Å². The Bertz CT molecular complexity index is 239. The van der Waals surface area contributed by atoms with Gasteiger partial charge < -0.3 is 14.9 Å². The average molecular weight is 246 g/mol. The normalized spacial score (nSPS) is 14.2. The molecule has 0 aromatic rings. The lowest BCUT2D eigenvalue weighted by Crippen LogP contribution is -2.29. The van der Waals surface area contributed by atoms with Gasteiger partial charge in [0, 0.05) is 0 Å². The molecule has 0 rings (SSSR count). The van der Waals surface area contributed by atoms with Crippen LogP contribution in [-0.4, -0.2) is 34.9 Å². The van der Waals surface area contributed by atoms with E-state index in [1.165, 1.54) is 0 Å². The third kappa shape index (κ3) is 7.74. The molecular formula is C12H22O5. The minimum Gasteiger partial charge on any atom is -0.480 e. The topological polar surface area (TPSA) is 83.8 Å². The highest BCUT2D eigenvalue weighted by Gasteiger charge is 2.23. The van der Waals surface area contributed by atoms with Gasteiger partial charge in [0.2, 0.25) is 0 Å². The molecule has 0 amide bonds. The van der Waals surface area contributed by atoms with Gasteiger partial charge in [-0.15, -0.1) is 0 Å². The Kier molecular flexibility index (Phi) is 8.40. The molecule has 2 N–H and O–H groups in total. The quantitative estimate of drug-likeness (QED) is 0.617. The first-order chi connectivity index (χ1) is 8.01. The van der Waals surface area contributed by atoms with E-state index in [2.05, 4.69) is 6.92 Å². The number of ether oxygens (including phenoxy) is 1. The molecule has 0 aliphatic heterocycles. The number of aliphatic carboxylic acids is 2. The highest BCUT2D eigenvalue weighted by atomic mass is 16.5. The summed E-state index contributed by atoms with van der Waals surface area (Å²) < 4.78 is 4.88. The summed E-state index contributed by atoms with van der Waals surface area (Å²) in [5, 5.41) is 17.4. The zero-order chi connectivity index (χ0) is 13.3. The molecule has 0 radical (unpaired) electrons. The summed E-state index contributed by atoms with van der Waals surface area (Å²) in [7, 11) is 0. The Hall–Kier alpha value is -1.10. The van der Waals surface area contributed by atoms with Gasteiger partial charge in [0.15, 0.2) is 6.10 Å². The van der Waals surface area contributed by atoms with E-state index in [1.54, 1.807) is 0 Å². The number of unbranched alkanes of at least 4 members (excludes halogenated alkanes) is 1. The van der Waals surface area contributed by atoms with Crippen LogP contribution < -0.4 is 0 Å². The molecule has 0 heterocycles. The standard InChI is InChI=1S/C12H22O5/c1-3-5-6-9(4-2)7-10(12(15)16)17-8-11(13)14/h9-10H,3-8H2,1-2H3,(H,13,14)(H,15,16). The predicted molar refractivity (Wildman–Crippen MR) is 62.9 cm³/mol. The number of carbonyl (C=O) groups is 2. The van der Waals surface area contributed by atoms with E-state index in [0.29, 0.717) is 6.42 Å². The molecule has 0 bridgehead atoms. The summed E-state index contributed by atoms with van der Waals surface area (Å²) in [6.07, 6.45) is 3.37. The van der Waals surface area contributed by atoms with Crippen LogP contribution >= 0.6 is 0 Å². The maximum Gasteiger partial charge on any atom is 0.332 e. The molecule has 0 aromatic heterocycles. The highest BCUT2D eigenvalue weighted by molar-refractivity contribution is 5.73. The Balaban J connectivity index is 4.19. The predicted octanol–water partition coefficient (Wildman–Crippen LogP) is 2.15. The highest BCUT2D eigenvalue weighted by Crippen LogP contribution is 2.20. The van der Waals surface area contributed by atoms with Crippen molar-refractivity contribution in [3.8, 4) is 0 Å². The van der Waals surface area contributed by atoms with Crippen molar-refractivity contribution in [2.24, 2.45) is 5.92 Å². The first kappa shape index (κ1) is 15.9. The monoisotopic (exact) mass is 246 g/mol. The minimum absolute atomic E-state index is 0.282. The van der Waals surface area contributed by atoms with Crippen molar-refractivity contribution >= 4 is 11.9 Å². The maximum atomic E-state index is 10.9. The largest absolute Gasteiger partial charge is 0.480 e. The summed E-state index contributed by atoms with van der Waals surface area (Å²) in [6, 6.07) is 0. The second-order valence-corrected chi connectivity index (χ2v) is 4.18. The lowest BCUT2D eigenvalue weighted by Gasteiger charge is -2.19. The Morgan fingerprint density at radius 2 is 1.88 bits per heavy atom. The number of rotatable bonds is 10. The third-order valence-electron chi connectivity index (χ3n) is 2.77. The fourth-order valence-corrected chi connectivity index (χ4v) is 1.70. The van der Waals surface area contributed by atoms with Crippen LogP contribution in [0.5, 0.6) is 0 Å². The van der Waals surface area contributed by atoms with Crippen LogP contribution in [0.15, 0.2) is 0 Å². The van der Waals surface area contributed by atoms with Gasteiger partial charge >= 0.3 is 11.9 Å². The molecule has 0 aromatic carbocycles. The van der Waals surface area contributed by atoms with Crippen molar-refractivity contribution in [3.05, 3.63) is 0 Å². The zero-order valence-corrected chi connectivity index (χ0v) is 10.5. The fourth-order valence-electron chi connectivity index (χ4n) is 1.70. The summed E-state index contributed by atoms with van der Waals surface area (Å²) in [5.74, 6) is -1.94. The summed E-state index contributed by atoms with van der Waals surface area (Å²) >= 11 is 0. The van der Waals surface area contributed by atoms with Gasteiger partial charge in [0.1, 0.15) is 6.61 Å². The maximum absolute atomic E-state index is 10.9. The van der Waals surface area contributed by atoms with Crippen LogP contribution in [0.4, 0.5) is 0 Å². The molecular weight excluding hydrogens is 224 g/mol. The zero-order valence-electron chi connectivity index (χ0n) is 10.5. The molecule has 0 aliphatic rings. The Labute approximate surface area is 102 Å². The van der Waals surface area contributed by atoms with Crippen molar-refractivity contribution in [2.45, 2.75) is 52.1 Å².